The van der Waals surface area contributed by atoms with E-state index in [1.165, 1.54) is 0 Å². The number of rotatable bonds is 2. The zero-order valence-corrected chi connectivity index (χ0v) is 12.3. The van der Waals surface area contributed by atoms with Gasteiger partial charge >= 0.3 is 6.18 Å². The van der Waals surface area contributed by atoms with E-state index in [0.29, 0.717) is 30.3 Å². The van der Waals surface area contributed by atoms with Crippen LogP contribution in [0.25, 0.3) is 11.4 Å². The highest BCUT2D eigenvalue weighted by Crippen LogP contribution is 2.36. The van der Waals surface area contributed by atoms with E-state index in [1.54, 1.807) is 6.92 Å². The Balaban J connectivity index is 2.75. The Bertz CT molecular complexity index is 740. The van der Waals surface area contributed by atoms with Crippen molar-refractivity contribution in [3.63, 3.8) is 0 Å². The van der Waals surface area contributed by atoms with E-state index >= 15 is 0 Å². The van der Waals surface area contributed by atoms with Gasteiger partial charge < -0.3 is 4.98 Å². The minimum Gasteiger partial charge on any atom is -0.306 e. The molecule has 2 rings (SSSR count). The lowest BCUT2D eigenvalue weighted by Crippen LogP contribution is -2.15. The molecule has 8 heteroatoms. The molecule has 0 aliphatic rings. The van der Waals surface area contributed by atoms with Crippen molar-refractivity contribution < 1.29 is 17.6 Å². The molecular formula is C13H9BrF4N2O. The van der Waals surface area contributed by atoms with E-state index in [2.05, 4.69) is 25.9 Å². The summed E-state index contributed by atoms with van der Waals surface area (Å²) in [6.45, 7) is 1.70. The molecule has 2 aromatic rings. The molecule has 112 valence electrons. The highest BCUT2D eigenvalue weighted by Gasteiger charge is 2.34. The van der Waals surface area contributed by atoms with Crippen LogP contribution in [0.2, 0.25) is 0 Å². The van der Waals surface area contributed by atoms with Gasteiger partial charge in [0.25, 0.3) is 5.56 Å². The second kappa shape index (κ2) is 5.59. The molecule has 1 N–H and O–H groups in total. The van der Waals surface area contributed by atoms with Crippen molar-refractivity contribution in [3.05, 3.63) is 50.1 Å². The molecule has 0 aliphatic carbocycles. The summed E-state index contributed by atoms with van der Waals surface area (Å²) in [6, 6.07) is 2.04. The Morgan fingerprint density at radius 1 is 1.33 bits per heavy atom. The molecular weight excluding hydrogens is 356 g/mol. The third-order valence-electron chi connectivity index (χ3n) is 2.81. The fourth-order valence-electron chi connectivity index (χ4n) is 1.83. The first-order chi connectivity index (χ1) is 9.74. The third-order valence-corrected chi connectivity index (χ3v) is 3.63. The number of halogens is 5. The molecule has 0 saturated carbocycles. The van der Waals surface area contributed by atoms with Crippen molar-refractivity contribution in [2.45, 2.75) is 19.5 Å². The van der Waals surface area contributed by atoms with Gasteiger partial charge in [0.2, 0.25) is 0 Å². The molecule has 0 aliphatic heterocycles. The van der Waals surface area contributed by atoms with Crippen LogP contribution in [0.3, 0.4) is 0 Å². The average molecular weight is 365 g/mol. The number of aryl methyl sites for hydroxylation is 1. The zero-order chi connectivity index (χ0) is 15.8. The topological polar surface area (TPSA) is 45.8 Å². The molecule has 3 nitrogen and oxygen atoms in total. The Hall–Kier alpha value is -1.70. The third kappa shape index (κ3) is 3.15. The molecule has 0 spiro atoms. The summed E-state index contributed by atoms with van der Waals surface area (Å²) in [5, 5.41) is 0. The van der Waals surface area contributed by atoms with E-state index in [9.17, 15) is 22.4 Å². The largest absolute Gasteiger partial charge is 0.417 e. The Morgan fingerprint density at radius 3 is 2.57 bits per heavy atom. The highest BCUT2D eigenvalue weighted by molar-refractivity contribution is 9.10. The molecule has 0 bridgehead atoms. The monoisotopic (exact) mass is 364 g/mol. The van der Waals surface area contributed by atoms with Gasteiger partial charge in [0.15, 0.2) is 0 Å². The van der Waals surface area contributed by atoms with Gasteiger partial charge in [-0.05, 0) is 40.5 Å². The predicted molar refractivity (Wildman–Crippen MR) is 72.3 cm³/mol. The number of nitrogens with zero attached hydrogens (tertiary/aromatic N) is 1. The zero-order valence-electron chi connectivity index (χ0n) is 10.7. The van der Waals surface area contributed by atoms with Crippen molar-refractivity contribution in [2.24, 2.45) is 0 Å². The van der Waals surface area contributed by atoms with Crippen LogP contribution >= 0.6 is 15.9 Å². The summed E-state index contributed by atoms with van der Waals surface area (Å²) in [6.07, 6.45) is -4.34. The first-order valence-electron chi connectivity index (χ1n) is 5.89. The Labute approximate surface area is 125 Å². The van der Waals surface area contributed by atoms with E-state index < -0.39 is 28.7 Å². The maximum Gasteiger partial charge on any atom is 0.417 e. The van der Waals surface area contributed by atoms with Gasteiger partial charge in [0.05, 0.1) is 11.3 Å². The summed E-state index contributed by atoms with van der Waals surface area (Å²) in [5.74, 6) is -1.16. The lowest BCUT2D eigenvalue weighted by molar-refractivity contribution is -0.137. The van der Waals surface area contributed by atoms with Crippen molar-refractivity contribution in [1.29, 1.82) is 0 Å². The minimum atomic E-state index is -4.68. The number of alkyl halides is 3. The smallest absolute Gasteiger partial charge is 0.306 e. The molecule has 0 atom stereocenters. The summed E-state index contributed by atoms with van der Waals surface area (Å²) in [4.78, 5) is 17.9. The normalized spacial score (nSPS) is 11.7. The quantitative estimate of drug-likeness (QED) is 0.821. The van der Waals surface area contributed by atoms with Gasteiger partial charge in [0, 0.05) is 5.56 Å². The fourth-order valence-corrected chi connectivity index (χ4v) is 2.30. The molecule has 1 heterocycles. The second-order valence-electron chi connectivity index (χ2n) is 4.22. The molecule has 1 aromatic heterocycles. The number of aromatic nitrogens is 2. The van der Waals surface area contributed by atoms with Gasteiger partial charge in [0.1, 0.15) is 16.1 Å². The van der Waals surface area contributed by atoms with Crippen LogP contribution in [0.1, 0.15) is 18.2 Å². The number of benzene rings is 1. The van der Waals surface area contributed by atoms with E-state index in [4.69, 9.17) is 0 Å². The number of aromatic amines is 1. The van der Waals surface area contributed by atoms with Crippen molar-refractivity contribution >= 4 is 15.9 Å². The molecule has 0 amide bonds. The molecule has 0 radical (unpaired) electrons. The first kappa shape index (κ1) is 15.7. The second-order valence-corrected chi connectivity index (χ2v) is 5.01. The van der Waals surface area contributed by atoms with Crippen molar-refractivity contribution in [1.82, 2.24) is 9.97 Å². The number of nitrogens with one attached hydrogen (secondary N) is 1. The fraction of sp³-hybridized carbons (Fsp3) is 0.231. The average Bonchev–Trinajstić information content (AvgIpc) is 2.40. The highest BCUT2D eigenvalue weighted by atomic mass is 79.9. The molecule has 0 saturated heterocycles. The van der Waals surface area contributed by atoms with Crippen LogP contribution in [-0.4, -0.2) is 9.97 Å². The van der Waals surface area contributed by atoms with Crippen LogP contribution in [0.5, 0.6) is 0 Å². The van der Waals surface area contributed by atoms with Gasteiger partial charge in [-0.25, -0.2) is 9.37 Å². The maximum absolute atomic E-state index is 13.3. The molecule has 1 aromatic carbocycles. The van der Waals surface area contributed by atoms with Crippen LogP contribution < -0.4 is 5.56 Å². The molecule has 21 heavy (non-hydrogen) atoms. The van der Waals surface area contributed by atoms with E-state index in [-0.39, 0.29) is 10.3 Å². The standard InChI is InChI=1S/C13H9BrF4N2O/c1-2-9-10(14)12(21)20-11(19-9)7-5-6(15)3-4-8(7)13(16,17)18/h3-5H,2H2,1H3,(H,19,20,21). The van der Waals surface area contributed by atoms with Crippen LogP contribution in [0, 0.1) is 5.82 Å². The van der Waals surface area contributed by atoms with Crippen LogP contribution in [0.4, 0.5) is 17.6 Å². The lowest BCUT2D eigenvalue weighted by Gasteiger charge is -2.13. The molecule has 0 unspecified atom stereocenters. The van der Waals surface area contributed by atoms with Crippen LogP contribution in [-0.2, 0) is 12.6 Å². The molecule has 0 fully saturated rings. The van der Waals surface area contributed by atoms with Gasteiger partial charge in [-0.3, -0.25) is 4.79 Å². The predicted octanol–water partition coefficient (Wildman–Crippen LogP) is 3.92. The lowest BCUT2D eigenvalue weighted by atomic mass is 10.1. The summed E-state index contributed by atoms with van der Waals surface area (Å²) in [7, 11) is 0. The van der Waals surface area contributed by atoms with Gasteiger partial charge in [-0.15, -0.1) is 0 Å². The van der Waals surface area contributed by atoms with Crippen molar-refractivity contribution in [3.8, 4) is 11.4 Å². The summed E-state index contributed by atoms with van der Waals surface area (Å²) >= 11 is 3.02. The first-order valence-corrected chi connectivity index (χ1v) is 6.69. The van der Waals surface area contributed by atoms with Gasteiger partial charge in [-0.2, -0.15) is 13.2 Å². The number of H-pyrrole nitrogens is 1. The number of hydrogen-bond donors (Lipinski definition) is 1. The summed E-state index contributed by atoms with van der Waals surface area (Å²) < 4.78 is 52.4. The summed E-state index contributed by atoms with van der Waals surface area (Å²) in [5.41, 5.74) is -1.88. The van der Waals surface area contributed by atoms with Crippen molar-refractivity contribution in [2.75, 3.05) is 0 Å². The Kier molecular flexibility index (Phi) is 4.18. The van der Waals surface area contributed by atoms with Gasteiger partial charge in [-0.1, -0.05) is 6.92 Å². The van der Waals surface area contributed by atoms with E-state index in [1.807, 2.05) is 0 Å². The Morgan fingerprint density at radius 2 is 2.00 bits per heavy atom. The SMILES string of the molecule is CCc1nc(-c2cc(F)ccc2C(F)(F)F)[nH]c(=O)c1Br. The minimum absolute atomic E-state index is 0.152. The van der Waals surface area contributed by atoms with E-state index in [0.717, 1.165) is 0 Å². The number of hydrogen-bond acceptors (Lipinski definition) is 2. The maximum atomic E-state index is 13.3. The van der Waals surface area contributed by atoms with Crippen LogP contribution in [0.15, 0.2) is 27.5 Å².